The number of carbonyl (C=O) groups is 6. The van der Waals surface area contributed by atoms with E-state index in [1.165, 1.54) is 64.8 Å². The first-order valence-corrected chi connectivity index (χ1v) is 20.6. The van der Waals surface area contributed by atoms with E-state index in [0.717, 1.165) is 0 Å². The van der Waals surface area contributed by atoms with Crippen LogP contribution in [-0.4, -0.2) is 70.3 Å². The number of carbonyl (C=O) groups excluding carboxylic acids is 6. The van der Waals surface area contributed by atoms with E-state index in [4.69, 9.17) is 27.1 Å². The normalized spacial score (nSPS) is 19.5. The minimum absolute atomic E-state index is 0.0461. The van der Waals surface area contributed by atoms with Gasteiger partial charge in [0.25, 0.3) is 0 Å². The zero-order chi connectivity index (χ0) is 27.6. The molecule has 2 heterocycles. The van der Waals surface area contributed by atoms with Crippen molar-refractivity contribution in [1.82, 2.24) is 0 Å². The Labute approximate surface area is 245 Å². The zero-order valence-corrected chi connectivity index (χ0v) is 26.4. The molecule has 0 aromatic carbocycles. The second kappa shape index (κ2) is 20.6. The van der Waals surface area contributed by atoms with Crippen LogP contribution in [0.15, 0.2) is 0 Å². The lowest BCUT2D eigenvalue weighted by atomic mass is 10.5. The summed E-state index contributed by atoms with van der Waals surface area (Å²) in [5.74, 6) is -1.21. The van der Waals surface area contributed by atoms with Crippen molar-refractivity contribution in [2.45, 2.75) is 38.5 Å². The molecular weight excluding hydrogens is 663 g/mol. The summed E-state index contributed by atoms with van der Waals surface area (Å²) in [5.41, 5.74) is 0. The molecule has 12 nitrogen and oxygen atoms in total. The van der Waals surface area contributed by atoms with Gasteiger partial charge in [0.15, 0.2) is 0 Å². The molecule has 0 atom stereocenters. The summed E-state index contributed by atoms with van der Waals surface area (Å²) in [7, 11) is 3.46. The lowest BCUT2D eigenvalue weighted by Gasteiger charge is -2.14. The topological polar surface area (TPSA) is 158 Å². The molecule has 2 rings (SSSR count). The van der Waals surface area contributed by atoms with Crippen molar-refractivity contribution in [3.05, 3.63) is 0 Å². The van der Waals surface area contributed by atoms with Crippen LogP contribution in [0.25, 0.3) is 0 Å². The molecule has 2 aliphatic rings. The highest BCUT2D eigenvalue weighted by Gasteiger charge is 2.29. The van der Waals surface area contributed by atoms with Gasteiger partial charge in [0, 0.05) is 34.5 Å². The van der Waals surface area contributed by atoms with Crippen molar-refractivity contribution in [2.75, 3.05) is 34.5 Å². The third-order valence-electron chi connectivity index (χ3n) is 3.65. The summed E-state index contributed by atoms with van der Waals surface area (Å²) < 4.78 is 30.1. The van der Waals surface area contributed by atoms with Gasteiger partial charge in [0.05, 0.1) is 38.5 Å². The monoisotopic (exact) mass is 686 g/mol. The minimum atomic E-state index is -2.45. The van der Waals surface area contributed by atoms with Crippen LogP contribution in [-0.2, 0) is 55.9 Å². The van der Waals surface area contributed by atoms with E-state index in [2.05, 4.69) is 0 Å². The van der Waals surface area contributed by atoms with E-state index in [0.29, 0.717) is 34.5 Å². The van der Waals surface area contributed by atoms with Crippen molar-refractivity contribution in [1.29, 1.82) is 0 Å². The second-order valence-electron chi connectivity index (χ2n) is 6.66. The Morgan fingerprint density at radius 1 is 0.605 bits per heavy atom. The summed E-state index contributed by atoms with van der Waals surface area (Å²) in [6.45, 7) is 0. The van der Waals surface area contributed by atoms with Gasteiger partial charge in [-0.2, -0.15) is 0 Å². The lowest BCUT2D eigenvalue weighted by Crippen LogP contribution is -2.12. The predicted octanol–water partition coefficient (Wildman–Crippen LogP) is 5.21. The highest BCUT2D eigenvalue weighted by atomic mass is 33.1. The maximum atomic E-state index is 12.1. The third-order valence-corrected chi connectivity index (χ3v) is 13.0. The molecule has 2 saturated heterocycles. The van der Waals surface area contributed by atoms with E-state index in [1.807, 2.05) is 0 Å². The molecular formula is C18H24O12P2S6. The minimum Gasteiger partial charge on any atom is -0.375 e. The van der Waals surface area contributed by atoms with E-state index in [9.17, 15) is 28.8 Å². The second-order valence-corrected chi connectivity index (χ2v) is 16.8. The Hall–Kier alpha value is -0.220. The predicted molar refractivity (Wildman–Crippen MR) is 153 cm³/mol. The maximum Gasteiger partial charge on any atom is 0.537 e. The molecule has 2 aliphatic heterocycles. The first-order valence-electron chi connectivity index (χ1n) is 10.9. The van der Waals surface area contributed by atoms with Gasteiger partial charge in [-0.15, -0.1) is 0 Å². The van der Waals surface area contributed by atoms with Crippen molar-refractivity contribution in [3.8, 4) is 0 Å². The van der Waals surface area contributed by atoms with Crippen LogP contribution in [0.2, 0.25) is 0 Å². The molecule has 0 saturated carbocycles. The number of hydrogen-bond acceptors (Lipinski definition) is 18. The molecule has 0 unspecified atom stereocenters. The maximum absolute atomic E-state index is 12.1. The largest absolute Gasteiger partial charge is 0.537 e. The average molecular weight is 687 g/mol. The van der Waals surface area contributed by atoms with Gasteiger partial charge in [-0.3, -0.25) is 28.8 Å². The summed E-state index contributed by atoms with van der Waals surface area (Å²) in [6, 6.07) is 0. The van der Waals surface area contributed by atoms with E-state index in [-0.39, 0.29) is 38.5 Å². The van der Waals surface area contributed by atoms with Crippen LogP contribution in [0.3, 0.4) is 0 Å². The van der Waals surface area contributed by atoms with Gasteiger partial charge in [0.2, 0.25) is 0 Å². The SMILES string of the molecule is O=C1CCSSCCC(=O)OP(OC(=O)CCSSCCC(=O)OP2OC(=O)CCSSCCC(=O)O2)O1. The van der Waals surface area contributed by atoms with Crippen LogP contribution in [0.4, 0.5) is 0 Å². The fourth-order valence-electron chi connectivity index (χ4n) is 1.99. The Morgan fingerprint density at radius 2 is 0.895 bits per heavy atom. The summed E-state index contributed by atoms with van der Waals surface area (Å²) >= 11 is 0. The molecule has 0 aliphatic carbocycles. The lowest BCUT2D eigenvalue weighted by molar-refractivity contribution is -0.145. The molecule has 0 aromatic heterocycles. The molecule has 0 radical (unpaired) electrons. The van der Waals surface area contributed by atoms with Gasteiger partial charge in [-0.1, -0.05) is 64.8 Å². The van der Waals surface area contributed by atoms with Crippen molar-refractivity contribution in [3.63, 3.8) is 0 Å². The first kappa shape index (κ1) is 34.0. The summed E-state index contributed by atoms with van der Waals surface area (Å²) in [5, 5.41) is 0. The highest BCUT2D eigenvalue weighted by molar-refractivity contribution is 8.77. The standard InChI is InChI=1S/C18H24O12P2S6/c19-13-1-7-33-34-8-2-14(20)26-31(25-13)29-17(23)5-11-37-38-12-6-18(24)30-32-27-15(21)3-9-35-36-10-4-16(22)28-32/h1-12H2. The van der Waals surface area contributed by atoms with Gasteiger partial charge in [-0.05, 0) is 0 Å². The van der Waals surface area contributed by atoms with Crippen molar-refractivity contribution in [2.24, 2.45) is 0 Å². The number of hydrogen-bond donors (Lipinski definition) is 0. The van der Waals surface area contributed by atoms with Crippen LogP contribution in [0, 0.1) is 0 Å². The molecule has 20 heteroatoms. The van der Waals surface area contributed by atoms with Crippen LogP contribution < -0.4 is 0 Å². The quantitative estimate of drug-likeness (QED) is 0.177. The molecule has 0 bridgehead atoms. The Bertz CT molecular complexity index is 728. The van der Waals surface area contributed by atoms with Crippen molar-refractivity contribution >= 4 is 118 Å². The zero-order valence-electron chi connectivity index (χ0n) is 19.7. The third kappa shape index (κ3) is 16.8. The molecule has 0 aromatic rings. The smallest absolute Gasteiger partial charge is 0.375 e. The fraction of sp³-hybridized carbons (Fsp3) is 0.667. The Balaban J connectivity index is 1.64. The van der Waals surface area contributed by atoms with Crippen molar-refractivity contribution < 1.29 is 55.9 Å². The molecule has 0 spiro atoms. The first-order chi connectivity index (χ1) is 18.3. The molecule has 2 fully saturated rings. The van der Waals surface area contributed by atoms with E-state index >= 15 is 0 Å². The van der Waals surface area contributed by atoms with Gasteiger partial charge in [0.1, 0.15) is 0 Å². The molecule has 214 valence electrons. The average Bonchev–Trinajstić information content (AvgIpc) is 2.90. The van der Waals surface area contributed by atoms with Crippen LogP contribution >= 0.6 is 82.0 Å². The van der Waals surface area contributed by atoms with Gasteiger partial charge in [-0.25, -0.2) is 0 Å². The Kier molecular flexibility index (Phi) is 18.4. The highest BCUT2D eigenvalue weighted by Crippen LogP contribution is 2.43. The van der Waals surface area contributed by atoms with E-state index < -0.39 is 53.0 Å². The molecule has 0 N–H and O–H groups in total. The van der Waals surface area contributed by atoms with Crippen LogP contribution in [0.1, 0.15) is 38.5 Å². The molecule has 0 amide bonds. The summed E-state index contributed by atoms with van der Waals surface area (Å²) in [4.78, 5) is 71.5. The van der Waals surface area contributed by atoms with Crippen LogP contribution in [0.5, 0.6) is 0 Å². The van der Waals surface area contributed by atoms with Gasteiger partial charge < -0.3 is 27.1 Å². The summed E-state index contributed by atoms with van der Waals surface area (Å²) in [6.07, 6.45) is 0.319. The number of rotatable bonds is 9. The fourth-order valence-corrected chi connectivity index (χ4v) is 9.59. The Morgan fingerprint density at radius 3 is 1.18 bits per heavy atom. The van der Waals surface area contributed by atoms with E-state index in [1.54, 1.807) is 0 Å². The van der Waals surface area contributed by atoms with Gasteiger partial charge >= 0.3 is 53.0 Å². The molecule has 38 heavy (non-hydrogen) atoms.